The smallest absolute Gasteiger partial charge is 0.0140 e. The predicted molar refractivity (Wildman–Crippen MR) is 105 cm³/mol. The second-order valence-electron chi connectivity index (χ2n) is 7.02. The fourth-order valence-corrected chi connectivity index (χ4v) is 2.48. The summed E-state index contributed by atoms with van der Waals surface area (Å²) >= 11 is 0. The molecule has 0 spiro atoms. The Morgan fingerprint density at radius 3 is 1.14 bits per heavy atom. The summed E-state index contributed by atoms with van der Waals surface area (Å²) in [5, 5.41) is 0. The molecule has 0 aromatic rings. The minimum atomic E-state index is 1.21. The van der Waals surface area contributed by atoms with Crippen LogP contribution < -0.4 is 0 Å². The molecule has 22 heavy (non-hydrogen) atoms. The number of hydrogen-bond acceptors (Lipinski definition) is 1. The second kappa shape index (κ2) is 23.0. The lowest BCUT2D eigenvalue weighted by Gasteiger charge is -2.02. The number of nitrogens with zero attached hydrogens (tertiary/aromatic N) is 1. The highest BCUT2D eigenvalue weighted by molar-refractivity contribution is 4.65. The summed E-state index contributed by atoms with van der Waals surface area (Å²) in [6.07, 6.45) is 23.5. The molecule has 1 heteroatoms. The Balaban J connectivity index is 0. The molecule has 0 aliphatic rings. The van der Waals surface area contributed by atoms with E-state index in [1.807, 2.05) is 32.1 Å². The summed E-state index contributed by atoms with van der Waals surface area (Å²) < 4.78 is 0. The van der Waals surface area contributed by atoms with Gasteiger partial charge in [0.1, 0.15) is 0 Å². The number of unbranched alkanes of at least 4 members (excludes halogenated alkanes) is 14. The van der Waals surface area contributed by atoms with Gasteiger partial charge in [0.15, 0.2) is 0 Å². The molecule has 0 aliphatic carbocycles. The summed E-state index contributed by atoms with van der Waals surface area (Å²) in [6, 6.07) is 0. The van der Waals surface area contributed by atoms with E-state index < -0.39 is 0 Å². The molecule has 0 N–H and O–H groups in total. The summed E-state index contributed by atoms with van der Waals surface area (Å²) in [6.45, 7) is 6.05. The van der Waals surface area contributed by atoms with Crippen molar-refractivity contribution in [2.45, 2.75) is 103 Å². The maximum atomic E-state index is 3.76. The van der Waals surface area contributed by atoms with Gasteiger partial charge in [0, 0.05) is 0 Å². The quantitative estimate of drug-likeness (QED) is 0.228. The molecular weight excluding hydrogens is 266 g/mol. The Bertz CT molecular complexity index is 184. The molecule has 134 valence electrons. The van der Waals surface area contributed by atoms with E-state index in [2.05, 4.69) is 13.5 Å². The molecule has 0 bridgehead atoms. The van der Waals surface area contributed by atoms with Crippen LogP contribution in [0.1, 0.15) is 103 Å². The Hall–Kier alpha value is -0.300. The van der Waals surface area contributed by atoms with Crippen LogP contribution in [0, 0.1) is 0 Å². The molecule has 0 atom stereocenters. The van der Waals surface area contributed by atoms with Crippen molar-refractivity contribution in [1.82, 2.24) is 4.90 Å². The van der Waals surface area contributed by atoms with Crippen LogP contribution in [0.15, 0.2) is 12.7 Å². The highest BCUT2D eigenvalue weighted by atomic mass is 15.0. The van der Waals surface area contributed by atoms with Crippen molar-refractivity contribution < 1.29 is 0 Å². The maximum Gasteiger partial charge on any atom is -0.0140 e. The molecule has 0 radical (unpaired) electrons. The van der Waals surface area contributed by atoms with Crippen LogP contribution in [0.5, 0.6) is 0 Å². The molecule has 0 heterocycles. The van der Waals surface area contributed by atoms with Crippen LogP contribution in [0.25, 0.3) is 0 Å². The summed E-state index contributed by atoms with van der Waals surface area (Å²) in [5.74, 6) is 0. The van der Waals surface area contributed by atoms with E-state index in [0.29, 0.717) is 0 Å². The van der Waals surface area contributed by atoms with E-state index in [0.717, 1.165) is 0 Å². The van der Waals surface area contributed by atoms with Crippen LogP contribution in [0.4, 0.5) is 0 Å². The van der Waals surface area contributed by atoms with Gasteiger partial charge < -0.3 is 4.90 Å². The zero-order chi connectivity index (χ0) is 16.9. The van der Waals surface area contributed by atoms with E-state index in [9.17, 15) is 0 Å². The first-order valence-corrected chi connectivity index (χ1v) is 9.87. The van der Waals surface area contributed by atoms with Gasteiger partial charge in [0.2, 0.25) is 0 Å². The third-order valence-electron chi connectivity index (χ3n) is 3.76. The van der Waals surface area contributed by atoms with E-state index >= 15 is 0 Å². The Labute approximate surface area is 142 Å². The molecule has 0 aromatic carbocycles. The highest BCUT2D eigenvalue weighted by Crippen LogP contribution is 2.13. The molecule has 0 fully saturated rings. The summed E-state index contributed by atoms with van der Waals surface area (Å²) in [7, 11) is 6.00. The topological polar surface area (TPSA) is 3.24 Å². The number of hydrogen-bond donors (Lipinski definition) is 0. The van der Waals surface area contributed by atoms with E-state index in [1.54, 1.807) is 0 Å². The minimum absolute atomic E-state index is 1.21. The van der Waals surface area contributed by atoms with Crippen molar-refractivity contribution in [2.24, 2.45) is 0 Å². The van der Waals surface area contributed by atoms with Crippen molar-refractivity contribution in [3.63, 3.8) is 0 Å². The molecule has 0 saturated carbocycles. The van der Waals surface area contributed by atoms with Crippen molar-refractivity contribution >= 4 is 0 Å². The Morgan fingerprint density at radius 1 is 0.591 bits per heavy atom. The van der Waals surface area contributed by atoms with Gasteiger partial charge in [-0.2, -0.15) is 0 Å². The SMILES string of the molecule is C=CCCCCCCCCCCCCCCCC.CN(C)C. The van der Waals surface area contributed by atoms with Gasteiger partial charge in [0.05, 0.1) is 0 Å². The molecule has 0 saturated heterocycles. The maximum absolute atomic E-state index is 3.76. The Morgan fingerprint density at radius 2 is 0.864 bits per heavy atom. The predicted octanol–water partition coefficient (Wildman–Crippen LogP) is 7.22. The lowest BCUT2D eigenvalue weighted by Crippen LogP contribution is -1.99. The second-order valence-corrected chi connectivity index (χ2v) is 7.02. The molecule has 0 amide bonds. The van der Waals surface area contributed by atoms with E-state index in [1.165, 1.54) is 96.3 Å². The molecule has 0 aromatic heterocycles. The molecule has 0 rings (SSSR count). The van der Waals surface area contributed by atoms with Gasteiger partial charge in [-0.15, -0.1) is 6.58 Å². The average Bonchev–Trinajstić information content (AvgIpc) is 2.47. The Kier molecular flexibility index (Phi) is 25.0. The lowest BCUT2D eigenvalue weighted by atomic mass is 10.0. The molecule has 0 aliphatic heterocycles. The molecule has 0 unspecified atom stereocenters. The van der Waals surface area contributed by atoms with Crippen molar-refractivity contribution in [2.75, 3.05) is 21.1 Å². The average molecular weight is 312 g/mol. The first-order chi connectivity index (χ1) is 10.6. The molecular formula is C21H45N. The standard InChI is InChI=1S/C18H36.C3H9N/c1-3-5-7-9-11-13-15-17-18-16-14-12-10-8-6-4-2;1-4(2)3/h3H,1,4-18H2,2H3;1-3H3. The number of rotatable bonds is 15. The van der Waals surface area contributed by atoms with E-state index in [4.69, 9.17) is 0 Å². The van der Waals surface area contributed by atoms with Crippen LogP contribution >= 0.6 is 0 Å². The van der Waals surface area contributed by atoms with Gasteiger partial charge in [0.25, 0.3) is 0 Å². The zero-order valence-corrected chi connectivity index (χ0v) is 16.3. The van der Waals surface area contributed by atoms with Crippen molar-refractivity contribution in [3.8, 4) is 0 Å². The fraction of sp³-hybridized carbons (Fsp3) is 0.905. The molecule has 1 nitrogen and oxygen atoms in total. The van der Waals surface area contributed by atoms with Crippen molar-refractivity contribution in [3.05, 3.63) is 12.7 Å². The van der Waals surface area contributed by atoms with Crippen LogP contribution in [-0.2, 0) is 0 Å². The van der Waals surface area contributed by atoms with Gasteiger partial charge in [-0.1, -0.05) is 96.5 Å². The van der Waals surface area contributed by atoms with Gasteiger partial charge in [-0.25, -0.2) is 0 Å². The van der Waals surface area contributed by atoms with Gasteiger partial charge in [-0.05, 0) is 34.0 Å². The third kappa shape index (κ3) is 31.9. The van der Waals surface area contributed by atoms with Crippen LogP contribution in [0.2, 0.25) is 0 Å². The summed E-state index contributed by atoms with van der Waals surface area (Å²) in [5.41, 5.74) is 0. The first kappa shape index (κ1) is 24.0. The van der Waals surface area contributed by atoms with Crippen LogP contribution in [0.3, 0.4) is 0 Å². The largest absolute Gasteiger partial charge is 0.312 e. The van der Waals surface area contributed by atoms with Crippen LogP contribution in [-0.4, -0.2) is 26.0 Å². The first-order valence-electron chi connectivity index (χ1n) is 9.87. The highest BCUT2D eigenvalue weighted by Gasteiger charge is 1.93. The monoisotopic (exact) mass is 311 g/mol. The third-order valence-corrected chi connectivity index (χ3v) is 3.76. The van der Waals surface area contributed by atoms with Gasteiger partial charge >= 0.3 is 0 Å². The fourth-order valence-electron chi connectivity index (χ4n) is 2.48. The van der Waals surface area contributed by atoms with E-state index in [-0.39, 0.29) is 0 Å². The lowest BCUT2D eigenvalue weighted by molar-refractivity contribution is 0.505. The van der Waals surface area contributed by atoms with Gasteiger partial charge in [-0.3, -0.25) is 0 Å². The minimum Gasteiger partial charge on any atom is -0.312 e. The summed E-state index contributed by atoms with van der Waals surface area (Å²) in [4.78, 5) is 2.00. The zero-order valence-electron chi connectivity index (χ0n) is 16.3. The number of allylic oxidation sites excluding steroid dienone is 1. The van der Waals surface area contributed by atoms with Crippen molar-refractivity contribution in [1.29, 1.82) is 0 Å². The normalized spacial score (nSPS) is 10.4.